The third-order valence-corrected chi connectivity index (χ3v) is 4.49. The molecule has 6 heteroatoms. The van der Waals surface area contributed by atoms with E-state index in [4.69, 9.17) is 0 Å². The Morgan fingerprint density at radius 2 is 2.19 bits per heavy atom. The molecule has 0 aliphatic rings. The van der Waals surface area contributed by atoms with Crippen molar-refractivity contribution in [3.8, 4) is 0 Å². The molecule has 2 N–H and O–H groups in total. The van der Waals surface area contributed by atoms with Crippen LogP contribution in [0, 0.1) is 0 Å². The second-order valence-electron chi connectivity index (χ2n) is 5.14. The molecule has 0 atom stereocenters. The number of aromatic nitrogens is 1. The Morgan fingerprint density at radius 3 is 2.81 bits per heavy atom. The van der Waals surface area contributed by atoms with E-state index in [9.17, 15) is 0 Å². The molecule has 120 valence electrons. The molecule has 4 nitrogen and oxygen atoms in total. The number of hydrogen-bond donors (Lipinski definition) is 2. The second-order valence-corrected chi connectivity index (χ2v) is 7.07. The number of thiazole rings is 1. The summed E-state index contributed by atoms with van der Waals surface area (Å²) in [7, 11) is 0. The van der Waals surface area contributed by atoms with Crippen LogP contribution in [0.25, 0.3) is 0 Å². The van der Waals surface area contributed by atoms with Gasteiger partial charge in [0.15, 0.2) is 5.96 Å². The van der Waals surface area contributed by atoms with Gasteiger partial charge in [-0.25, -0.2) is 9.98 Å². The van der Waals surface area contributed by atoms with Crippen molar-refractivity contribution < 1.29 is 0 Å². The minimum Gasteiger partial charge on any atom is -0.357 e. The summed E-state index contributed by atoms with van der Waals surface area (Å²) < 4.78 is 0. The highest BCUT2D eigenvalue weighted by Gasteiger charge is 2.05. The lowest BCUT2D eigenvalue weighted by Crippen LogP contribution is -2.37. The van der Waals surface area contributed by atoms with Gasteiger partial charge < -0.3 is 10.6 Å². The summed E-state index contributed by atoms with van der Waals surface area (Å²) in [6, 6.07) is 0. The van der Waals surface area contributed by atoms with Crippen molar-refractivity contribution in [2.24, 2.45) is 4.99 Å². The number of rotatable bonds is 9. The molecule has 1 rings (SSSR count). The average molecular weight is 329 g/mol. The summed E-state index contributed by atoms with van der Waals surface area (Å²) in [6.07, 6.45) is 4.58. The van der Waals surface area contributed by atoms with E-state index in [1.165, 1.54) is 24.3 Å². The molecule has 0 fully saturated rings. The predicted octanol–water partition coefficient (Wildman–Crippen LogP) is 3.46. The van der Waals surface area contributed by atoms with Gasteiger partial charge in [-0.1, -0.05) is 13.8 Å². The zero-order valence-corrected chi connectivity index (χ0v) is 15.2. The monoisotopic (exact) mass is 328 g/mol. The van der Waals surface area contributed by atoms with Gasteiger partial charge in [-0.05, 0) is 37.7 Å². The molecule has 0 amide bonds. The number of unbranched alkanes of at least 4 members (excludes halogenated alkanes) is 1. The first kappa shape index (κ1) is 18.3. The molecular weight excluding hydrogens is 300 g/mol. The maximum absolute atomic E-state index is 4.62. The van der Waals surface area contributed by atoms with Crippen LogP contribution in [0.1, 0.15) is 50.2 Å². The van der Waals surface area contributed by atoms with Crippen molar-refractivity contribution in [3.05, 3.63) is 16.1 Å². The van der Waals surface area contributed by atoms with Crippen LogP contribution in [-0.4, -0.2) is 36.0 Å². The third kappa shape index (κ3) is 7.71. The van der Waals surface area contributed by atoms with Crippen molar-refractivity contribution in [1.29, 1.82) is 0 Å². The maximum atomic E-state index is 4.62. The molecule has 0 aliphatic carbocycles. The van der Waals surface area contributed by atoms with Gasteiger partial charge in [-0.3, -0.25) is 0 Å². The lowest BCUT2D eigenvalue weighted by Gasteiger charge is -2.10. The van der Waals surface area contributed by atoms with E-state index < -0.39 is 0 Å². The standard InChI is InChI=1S/C15H28N4S2/c1-5-16-15(17-8-6-7-9-20-4)18-10-14-19-13(11-21-14)12(2)3/h11-12H,5-10H2,1-4H3,(H2,16,17,18). The molecule has 0 unspecified atom stereocenters. The first-order valence-corrected chi connectivity index (χ1v) is 9.90. The molecule has 1 heterocycles. The first-order chi connectivity index (χ1) is 10.2. The fraction of sp³-hybridized carbons (Fsp3) is 0.733. The highest BCUT2D eigenvalue weighted by molar-refractivity contribution is 7.98. The van der Waals surface area contributed by atoms with Gasteiger partial charge in [-0.2, -0.15) is 11.8 Å². The fourth-order valence-electron chi connectivity index (χ4n) is 1.73. The van der Waals surface area contributed by atoms with E-state index in [1.807, 2.05) is 11.8 Å². The summed E-state index contributed by atoms with van der Waals surface area (Å²) in [5, 5.41) is 9.89. The topological polar surface area (TPSA) is 49.3 Å². The number of nitrogens with one attached hydrogen (secondary N) is 2. The number of hydrogen-bond acceptors (Lipinski definition) is 4. The Morgan fingerprint density at radius 1 is 1.38 bits per heavy atom. The number of guanidine groups is 1. The van der Waals surface area contributed by atoms with Crippen LogP contribution in [-0.2, 0) is 6.54 Å². The van der Waals surface area contributed by atoms with Crippen LogP contribution >= 0.6 is 23.1 Å². The molecule has 0 bridgehead atoms. The molecule has 0 saturated carbocycles. The normalized spacial score (nSPS) is 12.0. The largest absolute Gasteiger partial charge is 0.357 e. The van der Waals surface area contributed by atoms with E-state index in [0.29, 0.717) is 12.5 Å². The van der Waals surface area contributed by atoms with E-state index in [0.717, 1.165) is 24.1 Å². The Hall–Kier alpha value is -0.750. The zero-order chi connectivity index (χ0) is 15.5. The Labute approximate surface area is 137 Å². The van der Waals surface area contributed by atoms with Gasteiger partial charge in [-0.15, -0.1) is 11.3 Å². The zero-order valence-electron chi connectivity index (χ0n) is 13.6. The highest BCUT2D eigenvalue weighted by Crippen LogP contribution is 2.18. The van der Waals surface area contributed by atoms with Crippen LogP contribution in [0.3, 0.4) is 0 Å². The smallest absolute Gasteiger partial charge is 0.191 e. The van der Waals surface area contributed by atoms with Crippen molar-refractivity contribution in [1.82, 2.24) is 15.6 Å². The maximum Gasteiger partial charge on any atom is 0.191 e. The van der Waals surface area contributed by atoms with E-state index >= 15 is 0 Å². The Bertz CT molecular complexity index is 416. The minimum absolute atomic E-state index is 0.488. The van der Waals surface area contributed by atoms with E-state index in [1.54, 1.807) is 11.3 Å². The lowest BCUT2D eigenvalue weighted by molar-refractivity contribution is 0.733. The molecule has 0 aromatic carbocycles. The van der Waals surface area contributed by atoms with Crippen molar-refractivity contribution in [3.63, 3.8) is 0 Å². The van der Waals surface area contributed by atoms with Crippen LogP contribution in [0.15, 0.2) is 10.4 Å². The van der Waals surface area contributed by atoms with Crippen molar-refractivity contribution in [2.45, 2.75) is 46.1 Å². The molecule has 0 aliphatic heterocycles. The van der Waals surface area contributed by atoms with E-state index in [2.05, 4.69) is 53.0 Å². The average Bonchev–Trinajstić information content (AvgIpc) is 2.93. The van der Waals surface area contributed by atoms with E-state index in [-0.39, 0.29) is 0 Å². The van der Waals surface area contributed by atoms with Crippen LogP contribution in [0.5, 0.6) is 0 Å². The van der Waals surface area contributed by atoms with Crippen LogP contribution in [0.4, 0.5) is 0 Å². The van der Waals surface area contributed by atoms with Crippen molar-refractivity contribution >= 4 is 29.1 Å². The summed E-state index contributed by atoms with van der Waals surface area (Å²) in [4.78, 5) is 9.23. The summed E-state index contributed by atoms with van der Waals surface area (Å²) >= 11 is 3.60. The SMILES string of the molecule is CCNC(=NCc1nc(C(C)C)cs1)NCCCCSC. The summed E-state index contributed by atoms with van der Waals surface area (Å²) in [5.41, 5.74) is 1.17. The first-order valence-electron chi connectivity index (χ1n) is 7.62. The Kier molecular flexibility index (Phi) is 9.50. The molecule has 0 saturated heterocycles. The quantitative estimate of drug-likeness (QED) is 0.414. The number of thioether (sulfide) groups is 1. The number of aliphatic imine (C=N–C) groups is 1. The fourth-order valence-corrected chi connectivity index (χ4v) is 3.10. The van der Waals surface area contributed by atoms with Crippen molar-refractivity contribution in [2.75, 3.05) is 25.1 Å². The van der Waals surface area contributed by atoms with Crippen LogP contribution < -0.4 is 10.6 Å². The lowest BCUT2D eigenvalue weighted by atomic mass is 10.2. The third-order valence-electron chi connectivity index (χ3n) is 2.95. The summed E-state index contributed by atoms with van der Waals surface area (Å²) in [6.45, 7) is 8.93. The van der Waals surface area contributed by atoms with Gasteiger partial charge in [0.05, 0.1) is 12.2 Å². The van der Waals surface area contributed by atoms with Gasteiger partial charge in [0, 0.05) is 18.5 Å². The summed E-state index contributed by atoms with van der Waals surface area (Å²) in [5.74, 6) is 2.61. The minimum atomic E-state index is 0.488. The molecule has 0 spiro atoms. The highest BCUT2D eigenvalue weighted by atomic mass is 32.2. The molecular formula is C15H28N4S2. The Balaban J connectivity index is 2.42. The predicted molar refractivity (Wildman–Crippen MR) is 96.6 cm³/mol. The molecule has 1 aromatic heterocycles. The molecule has 21 heavy (non-hydrogen) atoms. The van der Waals surface area contributed by atoms with Gasteiger partial charge in [0.1, 0.15) is 5.01 Å². The molecule has 0 radical (unpaired) electrons. The van der Waals surface area contributed by atoms with Crippen LogP contribution in [0.2, 0.25) is 0 Å². The second kappa shape index (κ2) is 10.9. The van der Waals surface area contributed by atoms with Gasteiger partial charge in [0.25, 0.3) is 0 Å². The molecule has 1 aromatic rings. The van der Waals surface area contributed by atoms with Gasteiger partial charge >= 0.3 is 0 Å². The number of nitrogens with zero attached hydrogens (tertiary/aromatic N) is 2. The van der Waals surface area contributed by atoms with Gasteiger partial charge in [0.2, 0.25) is 0 Å².